The van der Waals surface area contributed by atoms with Gasteiger partial charge in [0.1, 0.15) is 5.69 Å². The summed E-state index contributed by atoms with van der Waals surface area (Å²) in [5.74, 6) is -0.717. The van der Waals surface area contributed by atoms with Crippen LogP contribution in [0.1, 0.15) is 16.1 Å². The zero-order valence-corrected chi connectivity index (χ0v) is 10.8. The number of aromatic amines is 1. The van der Waals surface area contributed by atoms with E-state index in [-0.39, 0.29) is 12.5 Å². The highest BCUT2D eigenvalue weighted by Gasteiger charge is 2.25. The van der Waals surface area contributed by atoms with E-state index in [1.165, 1.54) is 0 Å². The van der Waals surface area contributed by atoms with Crippen molar-refractivity contribution in [1.82, 2.24) is 4.98 Å². The molecule has 5 nitrogen and oxygen atoms in total. The molecule has 1 amide bonds. The molecule has 0 saturated heterocycles. The number of hydrogen-bond donors (Lipinski definition) is 1. The molecule has 0 unspecified atom stereocenters. The van der Waals surface area contributed by atoms with Gasteiger partial charge in [-0.3, -0.25) is 4.79 Å². The van der Waals surface area contributed by atoms with Crippen LogP contribution in [0, 0.1) is 0 Å². The highest BCUT2D eigenvalue weighted by molar-refractivity contribution is 5.98. The molecule has 0 bridgehead atoms. The number of anilines is 1. The van der Waals surface area contributed by atoms with E-state index < -0.39 is 5.97 Å². The van der Waals surface area contributed by atoms with Crippen LogP contribution in [0.4, 0.5) is 5.69 Å². The van der Waals surface area contributed by atoms with E-state index in [0.29, 0.717) is 12.2 Å². The van der Waals surface area contributed by atoms with Crippen LogP contribution in [0.3, 0.4) is 0 Å². The second-order valence-electron chi connectivity index (χ2n) is 4.58. The molecule has 0 radical (unpaired) electrons. The molecule has 0 spiro atoms. The number of nitrogens with one attached hydrogen (secondary N) is 1. The molecule has 1 aromatic carbocycles. The molecule has 3 rings (SSSR count). The lowest BCUT2D eigenvalue weighted by atomic mass is 10.2. The molecule has 0 aliphatic carbocycles. The number of H-pyrrole nitrogens is 1. The minimum Gasteiger partial charge on any atom is -0.451 e. The van der Waals surface area contributed by atoms with Gasteiger partial charge in [-0.15, -0.1) is 0 Å². The van der Waals surface area contributed by atoms with Gasteiger partial charge in [0.05, 0.1) is 0 Å². The Balaban J connectivity index is 1.62. The average molecular weight is 270 g/mol. The Bertz CT molecular complexity index is 634. The first-order valence-electron chi connectivity index (χ1n) is 6.44. The van der Waals surface area contributed by atoms with E-state index in [0.717, 1.165) is 17.7 Å². The molecule has 1 N–H and O–H groups in total. The van der Waals surface area contributed by atoms with Crippen LogP contribution in [0.15, 0.2) is 42.6 Å². The number of carbonyl (C=O) groups excluding carboxylic acids is 2. The van der Waals surface area contributed by atoms with Crippen molar-refractivity contribution in [2.24, 2.45) is 0 Å². The van der Waals surface area contributed by atoms with Gasteiger partial charge in [-0.05, 0) is 30.2 Å². The smallest absolute Gasteiger partial charge is 0.355 e. The maximum absolute atomic E-state index is 12.1. The summed E-state index contributed by atoms with van der Waals surface area (Å²) in [6.45, 7) is 0.393. The minimum atomic E-state index is -0.518. The van der Waals surface area contributed by atoms with Crippen molar-refractivity contribution >= 4 is 17.6 Å². The van der Waals surface area contributed by atoms with Crippen LogP contribution in [0.25, 0.3) is 0 Å². The van der Waals surface area contributed by atoms with E-state index in [9.17, 15) is 9.59 Å². The lowest BCUT2D eigenvalue weighted by Gasteiger charge is -2.16. The SMILES string of the molecule is O=C(OCC(=O)N1CCc2ccccc21)c1ccc[nH]1. The lowest BCUT2D eigenvalue weighted by molar-refractivity contribution is -0.121. The normalized spacial score (nSPS) is 13.1. The summed E-state index contributed by atoms with van der Waals surface area (Å²) >= 11 is 0. The standard InChI is InChI=1S/C15H14N2O3/c18-14(10-20-15(19)12-5-3-8-16-12)17-9-7-11-4-1-2-6-13(11)17/h1-6,8,16H,7,9-10H2. The summed E-state index contributed by atoms with van der Waals surface area (Å²) in [6, 6.07) is 11.1. The Kier molecular flexibility index (Phi) is 3.25. The zero-order chi connectivity index (χ0) is 13.9. The Morgan fingerprint density at radius 2 is 2.05 bits per heavy atom. The first kappa shape index (κ1) is 12.5. The Labute approximate surface area is 116 Å². The predicted octanol–water partition coefficient (Wildman–Crippen LogP) is 1.76. The number of ether oxygens (including phenoxy) is 1. The second kappa shape index (κ2) is 5.21. The van der Waals surface area contributed by atoms with Gasteiger partial charge in [-0.2, -0.15) is 0 Å². The maximum atomic E-state index is 12.1. The van der Waals surface area contributed by atoms with E-state index in [2.05, 4.69) is 4.98 Å². The molecule has 5 heteroatoms. The largest absolute Gasteiger partial charge is 0.451 e. The van der Waals surface area contributed by atoms with Crippen LogP contribution >= 0.6 is 0 Å². The third kappa shape index (κ3) is 2.30. The highest BCUT2D eigenvalue weighted by atomic mass is 16.5. The number of aromatic nitrogens is 1. The second-order valence-corrected chi connectivity index (χ2v) is 4.58. The van der Waals surface area contributed by atoms with Crippen LogP contribution in [0.2, 0.25) is 0 Å². The quantitative estimate of drug-likeness (QED) is 0.864. The first-order chi connectivity index (χ1) is 9.75. The number of hydrogen-bond acceptors (Lipinski definition) is 3. The highest BCUT2D eigenvalue weighted by Crippen LogP contribution is 2.27. The Morgan fingerprint density at radius 1 is 1.20 bits per heavy atom. The molecule has 1 aromatic heterocycles. The van der Waals surface area contributed by atoms with E-state index in [4.69, 9.17) is 4.74 Å². The van der Waals surface area contributed by atoms with Gasteiger partial charge in [-0.1, -0.05) is 18.2 Å². The number of nitrogens with zero attached hydrogens (tertiary/aromatic N) is 1. The molecule has 1 aliphatic heterocycles. The number of para-hydroxylation sites is 1. The number of amides is 1. The zero-order valence-electron chi connectivity index (χ0n) is 10.8. The summed E-state index contributed by atoms with van der Waals surface area (Å²) in [7, 11) is 0. The minimum absolute atomic E-state index is 0.199. The predicted molar refractivity (Wildman–Crippen MR) is 73.6 cm³/mol. The summed E-state index contributed by atoms with van der Waals surface area (Å²) < 4.78 is 5.01. The van der Waals surface area contributed by atoms with Gasteiger partial charge in [0.25, 0.3) is 5.91 Å². The van der Waals surface area contributed by atoms with E-state index >= 15 is 0 Å². The molecular formula is C15H14N2O3. The number of benzene rings is 1. The van der Waals surface area contributed by atoms with Crippen molar-refractivity contribution in [3.63, 3.8) is 0 Å². The molecule has 102 valence electrons. The molecule has 0 saturated carbocycles. The van der Waals surface area contributed by atoms with Crippen LogP contribution < -0.4 is 4.90 Å². The number of esters is 1. The van der Waals surface area contributed by atoms with Crippen molar-refractivity contribution < 1.29 is 14.3 Å². The summed E-state index contributed by atoms with van der Waals surface area (Å²) in [5, 5.41) is 0. The monoisotopic (exact) mass is 270 g/mol. The molecular weight excluding hydrogens is 256 g/mol. The molecule has 2 aromatic rings. The summed E-state index contributed by atoms with van der Waals surface area (Å²) in [4.78, 5) is 28.2. The fraction of sp³-hybridized carbons (Fsp3) is 0.200. The lowest BCUT2D eigenvalue weighted by Crippen LogP contribution is -2.33. The molecule has 20 heavy (non-hydrogen) atoms. The van der Waals surface area contributed by atoms with E-state index in [1.807, 2.05) is 24.3 Å². The van der Waals surface area contributed by atoms with Crippen molar-refractivity contribution in [2.75, 3.05) is 18.1 Å². The topological polar surface area (TPSA) is 62.4 Å². The van der Waals surface area contributed by atoms with Gasteiger partial charge in [0, 0.05) is 18.4 Å². The van der Waals surface area contributed by atoms with Gasteiger partial charge in [0.2, 0.25) is 0 Å². The van der Waals surface area contributed by atoms with E-state index in [1.54, 1.807) is 23.2 Å². The molecule has 0 atom stereocenters. The average Bonchev–Trinajstić information content (AvgIpc) is 3.13. The number of fused-ring (bicyclic) bond motifs is 1. The fourth-order valence-corrected chi connectivity index (χ4v) is 2.34. The molecule has 2 heterocycles. The van der Waals surface area contributed by atoms with Gasteiger partial charge < -0.3 is 14.6 Å². The first-order valence-corrected chi connectivity index (χ1v) is 6.44. The summed E-state index contributed by atoms with van der Waals surface area (Å²) in [6.07, 6.45) is 2.47. The van der Waals surface area contributed by atoms with Crippen LogP contribution in [-0.4, -0.2) is 30.0 Å². The van der Waals surface area contributed by atoms with Gasteiger partial charge in [0.15, 0.2) is 6.61 Å². The van der Waals surface area contributed by atoms with Gasteiger partial charge >= 0.3 is 5.97 Å². The third-order valence-corrected chi connectivity index (χ3v) is 3.33. The Morgan fingerprint density at radius 3 is 2.85 bits per heavy atom. The maximum Gasteiger partial charge on any atom is 0.355 e. The van der Waals surface area contributed by atoms with Crippen molar-refractivity contribution in [3.8, 4) is 0 Å². The molecule has 1 aliphatic rings. The van der Waals surface area contributed by atoms with Gasteiger partial charge in [-0.25, -0.2) is 4.79 Å². The number of carbonyl (C=O) groups is 2. The number of rotatable bonds is 3. The molecule has 0 fully saturated rings. The Hall–Kier alpha value is -2.56. The van der Waals surface area contributed by atoms with Crippen LogP contribution in [0.5, 0.6) is 0 Å². The fourth-order valence-electron chi connectivity index (χ4n) is 2.34. The van der Waals surface area contributed by atoms with Crippen molar-refractivity contribution in [2.45, 2.75) is 6.42 Å². The third-order valence-electron chi connectivity index (χ3n) is 3.33. The van der Waals surface area contributed by atoms with Crippen LogP contribution in [-0.2, 0) is 16.0 Å². The van der Waals surface area contributed by atoms with Crippen molar-refractivity contribution in [1.29, 1.82) is 0 Å². The van der Waals surface area contributed by atoms with Crippen molar-refractivity contribution in [3.05, 3.63) is 53.9 Å². The summed E-state index contributed by atoms with van der Waals surface area (Å²) in [5.41, 5.74) is 2.41.